The first-order chi connectivity index (χ1) is 18.9. The minimum Gasteiger partial charge on any atom is -0.390 e. The minimum absolute atomic E-state index is 0.175. The summed E-state index contributed by atoms with van der Waals surface area (Å²) in [5.41, 5.74) is 6.63. The summed E-state index contributed by atoms with van der Waals surface area (Å²) in [6.07, 6.45) is 0.0295. The van der Waals surface area contributed by atoms with Gasteiger partial charge in [-0.15, -0.1) is 0 Å². The van der Waals surface area contributed by atoms with E-state index in [2.05, 4.69) is 62.4 Å². The Morgan fingerprint density at radius 2 is 0.872 bits per heavy atom. The molecule has 0 aromatic heterocycles. The SMILES string of the molecule is CC(C)(c1ccc(CC(O)COCc2ccccc2)cc1)c1ccc(CC(O)COCc2ccccc2)cc1. The molecule has 0 heterocycles. The largest absolute Gasteiger partial charge is 0.390 e. The van der Waals surface area contributed by atoms with Gasteiger partial charge in [-0.05, 0) is 33.4 Å². The highest BCUT2D eigenvalue weighted by atomic mass is 16.5. The fourth-order valence-corrected chi connectivity index (χ4v) is 4.72. The highest BCUT2D eigenvalue weighted by Crippen LogP contribution is 2.32. The Kier molecular flexibility index (Phi) is 10.5. The molecule has 4 aromatic rings. The smallest absolute Gasteiger partial charge is 0.0814 e. The number of hydrogen-bond acceptors (Lipinski definition) is 4. The summed E-state index contributed by atoms with van der Waals surface area (Å²) in [4.78, 5) is 0. The fraction of sp³-hybridized carbons (Fsp3) is 0.314. The Labute approximate surface area is 232 Å². The average molecular weight is 525 g/mol. The number of benzene rings is 4. The van der Waals surface area contributed by atoms with E-state index in [1.165, 1.54) is 11.1 Å². The van der Waals surface area contributed by atoms with E-state index >= 15 is 0 Å². The first-order valence-electron chi connectivity index (χ1n) is 13.7. The van der Waals surface area contributed by atoms with Crippen LogP contribution < -0.4 is 0 Å². The molecule has 2 atom stereocenters. The average Bonchev–Trinajstić information content (AvgIpc) is 2.95. The second kappa shape index (κ2) is 14.2. The standard InChI is InChI=1S/C35H40O4/c1-35(2,31-17-13-27(14-18-31)21-33(36)25-38-23-29-9-5-3-6-10-29)32-19-15-28(16-20-32)22-34(37)26-39-24-30-11-7-4-8-12-30/h3-20,33-34,36-37H,21-26H2,1-2H3. The van der Waals surface area contributed by atoms with Crippen molar-refractivity contribution >= 4 is 0 Å². The number of aliphatic hydroxyl groups excluding tert-OH is 2. The summed E-state index contributed by atoms with van der Waals surface area (Å²) in [6.45, 7) is 6.06. The molecule has 0 saturated carbocycles. The van der Waals surface area contributed by atoms with Crippen molar-refractivity contribution in [1.82, 2.24) is 0 Å². The quantitative estimate of drug-likeness (QED) is 0.205. The van der Waals surface area contributed by atoms with Crippen LogP contribution in [0.4, 0.5) is 0 Å². The first-order valence-corrected chi connectivity index (χ1v) is 13.7. The van der Waals surface area contributed by atoms with Crippen molar-refractivity contribution < 1.29 is 19.7 Å². The van der Waals surface area contributed by atoms with Gasteiger partial charge in [0.2, 0.25) is 0 Å². The molecule has 2 unspecified atom stereocenters. The molecule has 0 fully saturated rings. The lowest BCUT2D eigenvalue weighted by Gasteiger charge is -2.27. The zero-order chi connectivity index (χ0) is 27.5. The molecule has 0 spiro atoms. The molecule has 4 heteroatoms. The van der Waals surface area contributed by atoms with Crippen molar-refractivity contribution in [3.8, 4) is 0 Å². The van der Waals surface area contributed by atoms with Gasteiger partial charge in [-0.25, -0.2) is 0 Å². The molecule has 0 aliphatic carbocycles. The molecule has 39 heavy (non-hydrogen) atoms. The van der Waals surface area contributed by atoms with Crippen LogP contribution in [-0.2, 0) is 40.9 Å². The van der Waals surface area contributed by atoms with Crippen molar-refractivity contribution in [3.05, 3.63) is 143 Å². The zero-order valence-corrected chi connectivity index (χ0v) is 23.0. The maximum absolute atomic E-state index is 10.4. The van der Waals surface area contributed by atoms with E-state index in [4.69, 9.17) is 9.47 Å². The molecule has 2 N–H and O–H groups in total. The van der Waals surface area contributed by atoms with Crippen molar-refractivity contribution in [2.75, 3.05) is 13.2 Å². The summed E-state index contributed by atoms with van der Waals surface area (Å²) in [7, 11) is 0. The lowest BCUT2D eigenvalue weighted by atomic mass is 9.77. The maximum Gasteiger partial charge on any atom is 0.0814 e. The van der Waals surface area contributed by atoms with Crippen LogP contribution in [0.1, 0.15) is 47.2 Å². The van der Waals surface area contributed by atoms with E-state index in [1.807, 2.05) is 60.7 Å². The lowest BCUT2D eigenvalue weighted by molar-refractivity contribution is 0.0288. The third-order valence-corrected chi connectivity index (χ3v) is 7.14. The lowest BCUT2D eigenvalue weighted by Crippen LogP contribution is -2.21. The van der Waals surface area contributed by atoms with Gasteiger partial charge in [0.25, 0.3) is 0 Å². The van der Waals surface area contributed by atoms with E-state index < -0.39 is 12.2 Å². The van der Waals surface area contributed by atoms with Crippen LogP contribution in [0.25, 0.3) is 0 Å². The van der Waals surface area contributed by atoms with Crippen LogP contribution in [0, 0.1) is 0 Å². The fourth-order valence-electron chi connectivity index (χ4n) is 4.72. The molecule has 4 aromatic carbocycles. The van der Waals surface area contributed by atoms with Gasteiger partial charge >= 0.3 is 0 Å². The van der Waals surface area contributed by atoms with Crippen LogP contribution in [0.3, 0.4) is 0 Å². The van der Waals surface area contributed by atoms with E-state index in [1.54, 1.807) is 0 Å². The number of rotatable bonds is 14. The summed E-state index contributed by atoms with van der Waals surface area (Å²) in [5.74, 6) is 0. The Bertz CT molecular complexity index is 1140. The van der Waals surface area contributed by atoms with Crippen LogP contribution >= 0.6 is 0 Å². The van der Waals surface area contributed by atoms with E-state index in [-0.39, 0.29) is 5.41 Å². The molecule has 0 saturated heterocycles. The molecular formula is C35H40O4. The highest BCUT2D eigenvalue weighted by Gasteiger charge is 2.23. The third kappa shape index (κ3) is 8.87. The van der Waals surface area contributed by atoms with Crippen LogP contribution in [-0.4, -0.2) is 35.6 Å². The van der Waals surface area contributed by atoms with Crippen molar-refractivity contribution in [2.45, 2.75) is 57.5 Å². The molecule has 0 bridgehead atoms. The Morgan fingerprint density at radius 1 is 0.513 bits per heavy atom. The minimum atomic E-state index is -0.542. The second-order valence-electron chi connectivity index (χ2n) is 10.7. The summed E-state index contributed by atoms with van der Waals surface area (Å²) < 4.78 is 11.4. The molecule has 204 valence electrons. The predicted molar refractivity (Wildman–Crippen MR) is 157 cm³/mol. The van der Waals surface area contributed by atoms with Gasteiger partial charge in [0.1, 0.15) is 0 Å². The van der Waals surface area contributed by atoms with E-state index in [0.717, 1.165) is 22.3 Å². The summed E-state index contributed by atoms with van der Waals surface area (Å²) in [6, 6.07) is 37.0. The number of aliphatic hydroxyl groups is 2. The zero-order valence-electron chi connectivity index (χ0n) is 23.0. The van der Waals surface area contributed by atoms with Crippen LogP contribution in [0.15, 0.2) is 109 Å². The second-order valence-corrected chi connectivity index (χ2v) is 10.7. The van der Waals surface area contributed by atoms with Crippen LogP contribution in [0.5, 0.6) is 0 Å². The monoisotopic (exact) mass is 524 g/mol. The molecule has 4 nitrogen and oxygen atoms in total. The summed E-state index contributed by atoms with van der Waals surface area (Å²) >= 11 is 0. The molecule has 0 radical (unpaired) electrons. The van der Waals surface area contributed by atoms with Gasteiger partial charge in [0.05, 0.1) is 38.6 Å². The summed E-state index contributed by atoms with van der Waals surface area (Å²) in [5, 5.41) is 20.9. The molecule has 4 rings (SSSR count). The maximum atomic E-state index is 10.4. The van der Waals surface area contributed by atoms with Gasteiger partial charge in [0, 0.05) is 18.3 Å². The van der Waals surface area contributed by atoms with Crippen LogP contribution in [0.2, 0.25) is 0 Å². The van der Waals surface area contributed by atoms with Crippen molar-refractivity contribution in [2.24, 2.45) is 0 Å². The Balaban J connectivity index is 1.24. The van der Waals surface area contributed by atoms with Gasteiger partial charge in [-0.1, -0.05) is 123 Å². The van der Waals surface area contributed by atoms with E-state index in [9.17, 15) is 10.2 Å². The topological polar surface area (TPSA) is 58.9 Å². The predicted octanol–water partition coefficient (Wildman–Crippen LogP) is 6.25. The molecule has 0 amide bonds. The van der Waals surface area contributed by atoms with Crippen molar-refractivity contribution in [1.29, 1.82) is 0 Å². The molecular weight excluding hydrogens is 484 g/mol. The van der Waals surface area contributed by atoms with Crippen molar-refractivity contribution in [3.63, 3.8) is 0 Å². The Hall–Kier alpha value is -3.28. The first kappa shape index (κ1) is 28.7. The number of hydrogen-bond donors (Lipinski definition) is 2. The van der Waals surface area contributed by atoms with Gasteiger partial charge in [-0.2, -0.15) is 0 Å². The number of ether oxygens (including phenoxy) is 2. The van der Waals surface area contributed by atoms with Gasteiger partial charge in [-0.3, -0.25) is 0 Å². The van der Waals surface area contributed by atoms with Gasteiger partial charge in [0.15, 0.2) is 0 Å². The highest BCUT2D eigenvalue weighted by molar-refractivity contribution is 5.40. The van der Waals surface area contributed by atoms with E-state index in [0.29, 0.717) is 39.3 Å². The normalized spacial score (nSPS) is 13.2. The van der Waals surface area contributed by atoms with Gasteiger partial charge < -0.3 is 19.7 Å². The Morgan fingerprint density at radius 3 is 1.23 bits per heavy atom. The molecule has 0 aliphatic heterocycles. The third-order valence-electron chi connectivity index (χ3n) is 7.14. The molecule has 0 aliphatic rings.